The monoisotopic (exact) mass is 238 g/mol. The van der Waals surface area contributed by atoms with Crippen LogP contribution in [0.2, 0.25) is 0 Å². The fourth-order valence-electron chi connectivity index (χ4n) is 0.341. The summed E-state index contributed by atoms with van der Waals surface area (Å²) in [5.74, 6) is -0.455. The van der Waals surface area contributed by atoms with Gasteiger partial charge in [-0.15, -0.1) is 3.94 Å². The molecule has 0 spiro atoms. The highest BCUT2D eigenvalue weighted by molar-refractivity contribution is 6.53. The van der Waals surface area contributed by atoms with Gasteiger partial charge in [-0.3, -0.25) is 4.79 Å². The van der Waals surface area contributed by atoms with Crippen LogP contribution in [-0.2, 0) is 4.79 Å². The smallest absolute Gasteiger partial charge is 0.253 e. The molecule has 0 aliphatic heterocycles. The van der Waals surface area contributed by atoms with Crippen molar-refractivity contribution in [1.82, 2.24) is 9.25 Å². The summed E-state index contributed by atoms with van der Waals surface area (Å²) < 4.78 is 0.901. The Labute approximate surface area is 84.7 Å². The van der Waals surface area contributed by atoms with E-state index in [-0.39, 0.29) is 0 Å². The van der Waals surface area contributed by atoms with E-state index in [9.17, 15) is 4.79 Å². The predicted octanol–water partition coefficient (Wildman–Crippen LogP) is 1.52. The molecule has 11 heavy (non-hydrogen) atoms. The Kier molecular flexibility index (Phi) is 6.47. The Balaban J connectivity index is 3.32. The standard InChI is InChI=1S/C4H6Cl4N2O/c5-3(6)4(11)9-1-2-10(7)8/h3H,1-2H2,(H,9,11). The number of amides is 1. The summed E-state index contributed by atoms with van der Waals surface area (Å²) in [5, 5.41) is 2.40. The third-order valence-corrected chi connectivity index (χ3v) is 1.51. The van der Waals surface area contributed by atoms with Gasteiger partial charge in [-0.1, -0.05) is 23.2 Å². The van der Waals surface area contributed by atoms with Crippen LogP contribution < -0.4 is 5.32 Å². The SMILES string of the molecule is O=C(NCCN(Cl)Cl)C(Cl)Cl. The summed E-state index contributed by atoms with van der Waals surface area (Å²) in [4.78, 5) is 9.60. The van der Waals surface area contributed by atoms with Gasteiger partial charge in [0.2, 0.25) is 0 Å². The van der Waals surface area contributed by atoms with Crippen LogP contribution in [0.15, 0.2) is 0 Å². The molecule has 0 heterocycles. The Hall–Kier alpha value is 0.590. The predicted molar refractivity (Wildman–Crippen MR) is 46.9 cm³/mol. The van der Waals surface area contributed by atoms with E-state index in [0.717, 1.165) is 3.94 Å². The first kappa shape index (κ1) is 11.6. The second kappa shape index (κ2) is 6.14. The van der Waals surface area contributed by atoms with Gasteiger partial charge in [0, 0.05) is 13.1 Å². The summed E-state index contributed by atoms with van der Waals surface area (Å²) in [5.41, 5.74) is 0. The highest BCUT2D eigenvalue weighted by atomic mass is 35.5. The number of hydrogen-bond donors (Lipinski definition) is 1. The van der Waals surface area contributed by atoms with Crippen molar-refractivity contribution in [2.45, 2.75) is 4.84 Å². The van der Waals surface area contributed by atoms with Gasteiger partial charge in [-0.05, 0) is 23.6 Å². The zero-order valence-corrected chi connectivity index (χ0v) is 8.38. The quantitative estimate of drug-likeness (QED) is 0.596. The first-order valence-electron chi connectivity index (χ1n) is 2.69. The highest BCUT2D eigenvalue weighted by Gasteiger charge is 2.09. The number of carbonyl (C=O) groups excluding carboxylic acids is 1. The van der Waals surface area contributed by atoms with Gasteiger partial charge in [-0.2, -0.15) is 0 Å². The normalized spacial score (nSPS) is 10.7. The molecule has 3 nitrogen and oxygen atoms in total. The Morgan fingerprint density at radius 1 is 1.45 bits per heavy atom. The van der Waals surface area contributed by atoms with Crippen molar-refractivity contribution < 1.29 is 4.79 Å². The summed E-state index contributed by atoms with van der Waals surface area (Å²) >= 11 is 20.9. The van der Waals surface area contributed by atoms with Crippen molar-refractivity contribution in [2.24, 2.45) is 0 Å². The molecule has 0 unspecified atom stereocenters. The minimum atomic E-state index is -1.05. The molecule has 1 amide bonds. The summed E-state index contributed by atoms with van der Waals surface area (Å²) in [6, 6.07) is 0. The Morgan fingerprint density at radius 3 is 2.36 bits per heavy atom. The van der Waals surface area contributed by atoms with Crippen molar-refractivity contribution in [3.63, 3.8) is 0 Å². The molecule has 66 valence electrons. The molecule has 0 saturated heterocycles. The number of nitrogens with zero attached hydrogens (tertiary/aromatic N) is 1. The van der Waals surface area contributed by atoms with Gasteiger partial charge in [-0.25, -0.2) is 0 Å². The molecule has 0 rings (SSSR count). The van der Waals surface area contributed by atoms with Crippen LogP contribution in [0.1, 0.15) is 0 Å². The molecular weight excluding hydrogens is 234 g/mol. The van der Waals surface area contributed by atoms with Gasteiger partial charge in [0.1, 0.15) is 0 Å². The zero-order valence-electron chi connectivity index (χ0n) is 5.36. The van der Waals surface area contributed by atoms with Crippen LogP contribution in [0.3, 0.4) is 0 Å². The van der Waals surface area contributed by atoms with Crippen molar-refractivity contribution in [2.75, 3.05) is 13.1 Å². The van der Waals surface area contributed by atoms with Gasteiger partial charge >= 0.3 is 0 Å². The summed E-state index contributed by atoms with van der Waals surface area (Å²) in [6.45, 7) is 0.622. The third-order valence-electron chi connectivity index (χ3n) is 0.778. The van der Waals surface area contributed by atoms with Crippen LogP contribution in [0, 0.1) is 0 Å². The van der Waals surface area contributed by atoms with E-state index in [2.05, 4.69) is 5.32 Å². The van der Waals surface area contributed by atoms with E-state index in [1.165, 1.54) is 0 Å². The summed E-state index contributed by atoms with van der Waals surface area (Å²) in [6.07, 6.45) is 0. The fourth-order valence-corrected chi connectivity index (χ4v) is 0.664. The van der Waals surface area contributed by atoms with Crippen molar-refractivity contribution in [1.29, 1.82) is 0 Å². The molecule has 1 N–H and O–H groups in total. The number of hydrogen-bond acceptors (Lipinski definition) is 2. The average Bonchev–Trinajstić information content (AvgIpc) is 1.86. The summed E-state index contributed by atoms with van der Waals surface area (Å²) in [7, 11) is 0. The van der Waals surface area contributed by atoms with E-state index in [1.54, 1.807) is 0 Å². The largest absolute Gasteiger partial charge is 0.352 e. The number of alkyl halides is 2. The molecule has 0 aromatic heterocycles. The lowest BCUT2D eigenvalue weighted by molar-refractivity contribution is -0.119. The number of nitrogens with one attached hydrogen (secondary N) is 1. The number of rotatable bonds is 4. The van der Waals surface area contributed by atoms with Crippen molar-refractivity contribution in [3.05, 3.63) is 0 Å². The topological polar surface area (TPSA) is 32.3 Å². The first-order valence-corrected chi connectivity index (χ1v) is 4.24. The van der Waals surface area contributed by atoms with Crippen molar-refractivity contribution in [3.8, 4) is 0 Å². The minimum Gasteiger partial charge on any atom is -0.352 e. The Bertz CT molecular complexity index is 129. The molecule has 0 atom stereocenters. The van der Waals surface area contributed by atoms with Gasteiger partial charge in [0.15, 0.2) is 4.84 Å². The Morgan fingerprint density at radius 2 is 2.00 bits per heavy atom. The maximum absolute atomic E-state index is 10.6. The van der Waals surface area contributed by atoms with Crippen LogP contribution in [0.4, 0.5) is 0 Å². The fraction of sp³-hybridized carbons (Fsp3) is 0.750. The maximum atomic E-state index is 10.6. The lowest BCUT2D eigenvalue weighted by Gasteiger charge is -2.06. The lowest BCUT2D eigenvalue weighted by Crippen LogP contribution is -2.32. The first-order chi connectivity index (χ1) is 5.04. The van der Waals surface area contributed by atoms with E-state index in [0.29, 0.717) is 13.1 Å². The van der Waals surface area contributed by atoms with Gasteiger partial charge in [0.25, 0.3) is 5.91 Å². The highest BCUT2D eigenvalue weighted by Crippen LogP contribution is 2.00. The number of carbonyl (C=O) groups is 1. The van der Waals surface area contributed by atoms with Gasteiger partial charge in [0.05, 0.1) is 0 Å². The van der Waals surface area contributed by atoms with E-state index in [4.69, 9.17) is 46.8 Å². The minimum absolute atomic E-state index is 0.307. The van der Waals surface area contributed by atoms with Gasteiger partial charge < -0.3 is 5.32 Å². The van der Waals surface area contributed by atoms with Crippen molar-refractivity contribution >= 4 is 52.7 Å². The van der Waals surface area contributed by atoms with Crippen LogP contribution in [-0.4, -0.2) is 27.8 Å². The maximum Gasteiger partial charge on any atom is 0.253 e. The molecule has 0 aromatic rings. The van der Waals surface area contributed by atoms with Crippen LogP contribution >= 0.6 is 46.8 Å². The molecule has 0 aromatic carbocycles. The molecule has 0 aliphatic carbocycles. The molecule has 0 saturated carbocycles. The molecular formula is C4H6Cl4N2O. The molecule has 0 bridgehead atoms. The second-order valence-corrected chi connectivity index (χ2v) is 3.70. The third kappa shape index (κ3) is 6.97. The number of halogens is 4. The molecule has 0 radical (unpaired) electrons. The molecule has 0 aliphatic rings. The van der Waals surface area contributed by atoms with Crippen LogP contribution in [0.5, 0.6) is 0 Å². The molecule has 7 heteroatoms. The lowest BCUT2D eigenvalue weighted by atomic mass is 10.6. The average molecular weight is 240 g/mol. The second-order valence-electron chi connectivity index (χ2n) is 1.62. The zero-order chi connectivity index (χ0) is 8.85. The van der Waals surface area contributed by atoms with Crippen LogP contribution in [0.25, 0.3) is 0 Å². The molecule has 0 fully saturated rings. The van der Waals surface area contributed by atoms with E-state index >= 15 is 0 Å². The van der Waals surface area contributed by atoms with E-state index in [1.807, 2.05) is 0 Å². The van der Waals surface area contributed by atoms with E-state index < -0.39 is 10.7 Å².